The molecule has 106 valence electrons. The molecule has 0 saturated heterocycles. The number of primary amides is 1. The summed E-state index contributed by atoms with van der Waals surface area (Å²) in [6.07, 6.45) is 3.44. The molecule has 0 fully saturated rings. The molecule has 4 rings (SSSR count). The summed E-state index contributed by atoms with van der Waals surface area (Å²) in [6.45, 7) is 0. The van der Waals surface area contributed by atoms with Crippen LogP contribution in [0.3, 0.4) is 0 Å². The maximum Gasteiger partial charge on any atom is 0.250 e. The lowest BCUT2D eigenvalue weighted by atomic mass is 10.00. The van der Waals surface area contributed by atoms with Gasteiger partial charge in [0.05, 0.1) is 23.0 Å². The van der Waals surface area contributed by atoms with Crippen molar-refractivity contribution in [2.24, 2.45) is 5.73 Å². The molecule has 0 radical (unpaired) electrons. The van der Waals surface area contributed by atoms with Gasteiger partial charge in [-0.05, 0) is 23.6 Å². The maximum atomic E-state index is 11.6. The van der Waals surface area contributed by atoms with Gasteiger partial charge in [0.15, 0.2) is 0 Å². The molecule has 0 atom stereocenters. The summed E-state index contributed by atoms with van der Waals surface area (Å²) in [5.41, 5.74) is 8.27. The standard InChI is InChI=1S/C17H12N4O/c18-17(22)13-2-1-7-19-15(13)11-5-3-10-4-6-12-9-20-21-16(12)14(10)8-11/h1-9H,(H2,18,22)(H,20,21). The SMILES string of the molecule is NC(=O)c1cccnc1-c1ccc2ccc3cn[nH]c3c2c1. The molecule has 0 bridgehead atoms. The fraction of sp³-hybridized carbons (Fsp3) is 0. The number of fused-ring (bicyclic) bond motifs is 3. The Morgan fingerprint density at radius 1 is 1.09 bits per heavy atom. The maximum absolute atomic E-state index is 11.6. The molecule has 22 heavy (non-hydrogen) atoms. The van der Waals surface area contributed by atoms with Crippen LogP contribution in [0.1, 0.15) is 10.4 Å². The van der Waals surface area contributed by atoms with Crippen LogP contribution in [-0.2, 0) is 0 Å². The van der Waals surface area contributed by atoms with E-state index >= 15 is 0 Å². The van der Waals surface area contributed by atoms with Crippen LogP contribution in [0.4, 0.5) is 0 Å². The molecule has 0 aliphatic heterocycles. The zero-order chi connectivity index (χ0) is 15.1. The summed E-state index contributed by atoms with van der Waals surface area (Å²) < 4.78 is 0. The van der Waals surface area contributed by atoms with Crippen molar-refractivity contribution in [3.8, 4) is 11.3 Å². The number of nitrogens with zero attached hydrogens (tertiary/aromatic N) is 2. The third-order valence-electron chi connectivity index (χ3n) is 3.78. The second kappa shape index (κ2) is 4.66. The van der Waals surface area contributed by atoms with Crippen molar-refractivity contribution in [3.63, 3.8) is 0 Å². The van der Waals surface area contributed by atoms with Crippen molar-refractivity contribution in [2.45, 2.75) is 0 Å². The van der Waals surface area contributed by atoms with Gasteiger partial charge in [-0.1, -0.05) is 24.3 Å². The molecule has 0 aliphatic carbocycles. The van der Waals surface area contributed by atoms with Crippen molar-refractivity contribution in [1.29, 1.82) is 0 Å². The van der Waals surface area contributed by atoms with Gasteiger partial charge in [0.1, 0.15) is 0 Å². The van der Waals surface area contributed by atoms with E-state index < -0.39 is 5.91 Å². The van der Waals surface area contributed by atoms with Crippen LogP contribution in [0.2, 0.25) is 0 Å². The number of H-pyrrole nitrogens is 1. The second-order valence-corrected chi connectivity index (χ2v) is 5.10. The van der Waals surface area contributed by atoms with E-state index in [1.165, 1.54) is 0 Å². The first-order chi connectivity index (χ1) is 10.7. The van der Waals surface area contributed by atoms with E-state index in [0.29, 0.717) is 11.3 Å². The number of hydrogen-bond donors (Lipinski definition) is 2. The Hall–Kier alpha value is -3.21. The van der Waals surface area contributed by atoms with Crippen molar-refractivity contribution >= 4 is 27.6 Å². The lowest BCUT2D eigenvalue weighted by Crippen LogP contribution is -2.12. The van der Waals surface area contributed by atoms with Gasteiger partial charge in [-0.25, -0.2) is 0 Å². The quantitative estimate of drug-likeness (QED) is 0.594. The Balaban J connectivity index is 2.02. The first-order valence-electron chi connectivity index (χ1n) is 6.85. The van der Waals surface area contributed by atoms with Gasteiger partial charge in [-0.15, -0.1) is 0 Å². The zero-order valence-corrected chi connectivity index (χ0v) is 11.6. The largest absolute Gasteiger partial charge is 0.366 e. The van der Waals surface area contributed by atoms with Gasteiger partial charge in [0.2, 0.25) is 0 Å². The van der Waals surface area contributed by atoms with E-state index in [2.05, 4.69) is 15.2 Å². The van der Waals surface area contributed by atoms with Crippen LogP contribution in [0, 0.1) is 0 Å². The highest BCUT2D eigenvalue weighted by molar-refractivity contribution is 6.07. The smallest absolute Gasteiger partial charge is 0.250 e. The van der Waals surface area contributed by atoms with Gasteiger partial charge in [0, 0.05) is 22.5 Å². The lowest BCUT2D eigenvalue weighted by molar-refractivity contribution is 0.100. The van der Waals surface area contributed by atoms with Crippen molar-refractivity contribution < 1.29 is 4.79 Å². The molecule has 2 heterocycles. The molecule has 0 aliphatic rings. The number of carbonyl (C=O) groups excluding carboxylic acids is 1. The molecular formula is C17H12N4O. The number of aromatic nitrogens is 3. The summed E-state index contributed by atoms with van der Waals surface area (Å²) >= 11 is 0. The highest BCUT2D eigenvalue weighted by Crippen LogP contribution is 2.29. The number of amides is 1. The number of nitrogens with one attached hydrogen (secondary N) is 1. The minimum Gasteiger partial charge on any atom is -0.366 e. The monoisotopic (exact) mass is 288 g/mol. The van der Waals surface area contributed by atoms with E-state index in [-0.39, 0.29) is 0 Å². The predicted molar refractivity (Wildman–Crippen MR) is 85.3 cm³/mol. The van der Waals surface area contributed by atoms with E-state index in [4.69, 9.17) is 5.73 Å². The molecule has 5 nitrogen and oxygen atoms in total. The van der Waals surface area contributed by atoms with Crippen LogP contribution in [-0.4, -0.2) is 21.1 Å². The van der Waals surface area contributed by atoms with E-state index in [1.54, 1.807) is 24.5 Å². The molecular weight excluding hydrogens is 276 g/mol. The Bertz CT molecular complexity index is 1020. The van der Waals surface area contributed by atoms with Gasteiger partial charge in [0.25, 0.3) is 5.91 Å². The summed E-state index contributed by atoms with van der Waals surface area (Å²) in [4.78, 5) is 15.9. The van der Waals surface area contributed by atoms with Gasteiger partial charge in [-0.3, -0.25) is 14.9 Å². The minimum atomic E-state index is -0.483. The highest BCUT2D eigenvalue weighted by Gasteiger charge is 2.12. The first kappa shape index (κ1) is 12.5. The summed E-state index contributed by atoms with van der Waals surface area (Å²) in [7, 11) is 0. The molecule has 0 spiro atoms. The van der Waals surface area contributed by atoms with Crippen molar-refractivity contribution in [3.05, 3.63) is 60.4 Å². The molecule has 2 aromatic carbocycles. The van der Waals surface area contributed by atoms with Gasteiger partial charge < -0.3 is 5.73 Å². The Morgan fingerprint density at radius 2 is 1.91 bits per heavy atom. The molecule has 4 aromatic rings. The molecule has 3 N–H and O–H groups in total. The average Bonchev–Trinajstić information content (AvgIpc) is 3.03. The summed E-state index contributed by atoms with van der Waals surface area (Å²) in [6, 6.07) is 13.4. The predicted octanol–water partition coefficient (Wildman–Crippen LogP) is 2.88. The number of aromatic amines is 1. The van der Waals surface area contributed by atoms with E-state index in [9.17, 15) is 4.79 Å². The zero-order valence-electron chi connectivity index (χ0n) is 11.6. The molecule has 2 aromatic heterocycles. The molecule has 0 saturated carbocycles. The van der Waals surface area contributed by atoms with Crippen molar-refractivity contribution in [1.82, 2.24) is 15.2 Å². The Labute approximate surface area is 125 Å². The number of pyridine rings is 1. The number of hydrogen-bond acceptors (Lipinski definition) is 3. The van der Waals surface area contributed by atoms with Crippen LogP contribution in [0.25, 0.3) is 32.9 Å². The fourth-order valence-corrected chi connectivity index (χ4v) is 2.72. The topological polar surface area (TPSA) is 84.7 Å². The van der Waals surface area contributed by atoms with Crippen LogP contribution < -0.4 is 5.73 Å². The first-order valence-corrected chi connectivity index (χ1v) is 6.85. The minimum absolute atomic E-state index is 0.415. The molecule has 0 unspecified atom stereocenters. The lowest BCUT2D eigenvalue weighted by Gasteiger charge is -2.07. The average molecular weight is 288 g/mol. The van der Waals surface area contributed by atoms with Gasteiger partial charge in [-0.2, -0.15) is 5.10 Å². The van der Waals surface area contributed by atoms with Crippen LogP contribution in [0.5, 0.6) is 0 Å². The normalized spacial score (nSPS) is 11.1. The highest BCUT2D eigenvalue weighted by atomic mass is 16.1. The fourth-order valence-electron chi connectivity index (χ4n) is 2.72. The third-order valence-corrected chi connectivity index (χ3v) is 3.78. The van der Waals surface area contributed by atoms with Crippen LogP contribution in [0.15, 0.2) is 54.9 Å². The van der Waals surface area contributed by atoms with E-state index in [1.807, 2.05) is 30.3 Å². The number of nitrogens with two attached hydrogens (primary N) is 1. The van der Waals surface area contributed by atoms with Gasteiger partial charge >= 0.3 is 0 Å². The third kappa shape index (κ3) is 1.83. The Kier molecular flexibility index (Phi) is 2.66. The molecule has 1 amide bonds. The second-order valence-electron chi connectivity index (χ2n) is 5.10. The van der Waals surface area contributed by atoms with E-state index in [0.717, 1.165) is 27.2 Å². The molecule has 5 heteroatoms. The number of rotatable bonds is 2. The number of carbonyl (C=O) groups is 1. The summed E-state index contributed by atoms with van der Waals surface area (Å²) in [5, 5.41) is 10.3. The Morgan fingerprint density at radius 3 is 2.77 bits per heavy atom. The summed E-state index contributed by atoms with van der Waals surface area (Å²) in [5.74, 6) is -0.483. The van der Waals surface area contributed by atoms with Crippen molar-refractivity contribution in [2.75, 3.05) is 0 Å². The van der Waals surface area contributed by atoms with Crippen LogP contribution >= 0.6 is 0 Å². The number of benzene rings is 2.